The number of hydrogen-bond donors (Lipinski definition) is 1. The molecule has 0 bridgehead atoms. The van der Waals surface area contributed by atoms with E-state index in [0.717, 1.165) is 18.5 Å². The third kappa shape index (κ3) is 3.27. The summed E-state index contributed by atoms with van der Waals surface area (Å²) in [5.41, 5.74) is 7.38. The van der Waals surface area contributed by atoms with Crippen molar-refractivity contribution >= 4 is 0 Å². The van der Waals surface area contributed by atoms with Crippen molar-refractivity contribution in [3.05, 3.63) is 29.8 Å². The van der Waals surface area contributed by atoms with Crippen LogP contribution in [0.1, 0.15) is 38.9 Å². The second-order valence-electron chi connectivity index (χ2n) is 6.30. The van der Waals surface area contributed by atoms with Crippen molar-refractivity contribution in [2.45, 2.75) is 46.0 Å². The summed E-state index contributed by atoms with van der Waals surface area (Å²) in [6.45, 7) is 4.79. The second kappa shape index (κ2) is 5.66. The molecule has 112 valence electrons. The van der Waals surface area contributed by atoms with Crippen LogP contribution in [0.15, 0.2) is 24.3 Å². The number of rotatable bonds is 4. The van der Waals surface area contributed by atoms with Gasteiger partial charge in [0.05, 0.1) is 6.17 Å². The van der Waals surface area contributed by atoms with E-state index >= 15 is 0 Å². The normalized spacial score (nSPS) is 21.6. The van der Waals surface area contributed by atoms with Crippen LogP contribution in [0.5, 0.6) is 5.75 Å². The lowest BCUT2D eigenvalue weighted by molar-refractivity contribution is -0.0499. The van der Waals surface area contributed by atoms with Crippen LogP contribution in [0.4, 0.5) is 8.78 Å². The molecule has 0 spiro atoms. The Hall–Kier alpha value is -1.20. The molecule has 0 aromatic heterocycles. The average Bonchev–Trinajstić information content (AvgIpc) is 2.25. The van der Waals surface area contributed by atoms with E-state index in [0.29, 0.717) is 6.04 Å². The van der Waals surface area contributed by atoms with Crippen LogP contribution in [0.3, 0.4) is 0 Å². The van der Waals surface area contributed by atoms with E-state index < -0.39 is 6.61 Å². The number of nitrogens with zero attached hydrogens (tertiary/aromatic N) is 1. The molecule has 1 aliphatic rings. The van der Waals surface area contributed by atoms with E-state index in [-0.39, 0.29) is 17.3 Å². The highest BCUT2D eigenvalue weighted by Crippen LogP contribution is 2.38. The molecule has 0 saturated carbocycles. The van der Waals surface area contributed by atoms with Gasteiger partial charge in [-0.3, -0.25) is 4.90 Å². The van der Waals surface area contributed by atoms with Gasteiger partial charge >= 0.3 is 6.61 Å². The molecule has 5 heteroatoms. The van der Waals surface area contributed by atoms with Crippen molar-refractivity contribution in [3.8, 4) is 5.75 Å². The summed E-state index contributed by atoms with van der Waals surface area (Å²) in [5, 5.41) is 0. The van der Waals surface area contributed by atoms with Crippen molar-refractivity contribution in [3.63, 3.8) is 0 Å². The van der Waals surface area contributed by atoms with Gasteiger partial charge in [0.1, 0.15) is 5.75 Å². The maximum absolute atomic E-state index is 12.1. The molecule has 0 amide bonds. The fraction of sp³-hybridized carbons (Fsp3) is 0.600. The number of nitrogens with two attached hydrogens (primary N) is 1. The minimum Gasteiger partial charge on any atom is -0.435 e. The predicted molar refractivity (Wildman–Crippen MR) is 74.6 cm³/mol. The first-order valence-electron chi connectivity index (χ1n) is 6.85. The van der Waals surface area contributed by atoms with Gasteiger partial charge < -0.3 is 10.5 Å². The maximum atomic E-state index is 12.1. The largest absolute Gasteiger partial charge is 0.435 e. The van der Waals surface area contributed by atoms with Crippen LogP contribution in [-0.2, 0) is 0 Å². The van der Waals surface area contributed by atoms with Crippen molar-refractivity contribution < 1.29 is 13.5 Å². The van der Waals surface area contributed by atoms with Crippen LogP contribution in [-0.4, -0.2) is 24.1 Å². The van der Waals surface area contributed by atoms with Gasteiger partial charge in [-0.2, -0.15) is 8.78 Å². The summed E-state index contributed by atoms with van der Waals surface area (Å²) in [5.74, 6) is 0.159. The summed E-state index contributed by atoms with van der Waals surface area (Å²) in [7, 11) is 0. The molecule has 0 aliphatic carbocycles. The number of alkyl halides is 2. The zero-order chi connectivity index (χ0) is 14.9. The quantitative estimate of drug-likeness (QED) is 0.921. The molecular weight excluding hydrogens is 262 g/mol. The molecule has 2 unspecified atom stereocenters. The zero-order valence-electron chi connectivity index (χ0n) is 12.1. The summed E-state index contributed by atoms with van der Waals surface area (Å²) in [4.78, 5) is 2.25. The van der Waals surface area contributed by atoms with Crippen LogP contribution in [0.2, 0.25) is 0 Å². The molecule has 2 rings (SSSR count). The minimum atomic E-state index is -2.80. The topological polar surface area (TPSA) is 38.5 Å². The van der Waals surface area contributed by atoms with Crippen LogP contribution < -0.4 is 10.5 Å². The SMILES string of the molecule is CC(C)(C)C1CCN1C(N)c1ccc(OC(F)F)cc1. The number of hydrogen-bond acceptors (Lipinski definition) is 3. The highest BCUT2D eigenvalue weighted by molar-refractivity contribution is 5.29. The molecule has 1 aromatic carbocycles. The third-order valence-corrected chi connectivity index (χ3v) is 3.86. The molecule has 0 radical (unpaired) electrons. The molecule has 1 aromatic rings. The molecule has 2 N–H and O–H groups in total. The Labute approximate surface area is 118 Å². The Morgan fingerprint density at radius 3 is 2.25 bits per heavy atom. The van der Waals surface area contributed by atoms with E-state index in [4.69, 9.17) is 5.73 Å². The number of likely N-dealkylation sites (tertiary alicyclic amines) is 1. The molecule has 1 fully saturated rings. The number of benzene rings is 1. The lowest BCUT2D eigenvalue weighted by Crippen LogP contribution is -2.57. The summed E-state index contributed by atoms with van der Waals surface area (Å²) >= 11 is 0. The van der Waals surface area contributed by atoms with E-state index in [1.54, 1.807) is 12.1 Å². The van der Waals surface area contributed by atoms with Gasteiger partial charge in [0, 0.05) is 12.6 Å². The lowest BCUT2D eigenvalue weighted by Gasteiger charge is -2.51. The Morgan fingerprint density at radius 2 is 1.85 bits per heavy atom. The third-order valence-electron chi connectivity index (χ3n) is 3.86. The van der Waals surface area contributed by atoms with Gasteiger partial charge in [0.2, 0.25) is 0 Å². The lowest BCUT2D eigenvalue weighted by atomic mass is 9.78. The highest BCUT2D eigenvalue weighted by atomic mass is 19.3. The first-order chi connectivity index (χ1) is 9.29. The van der Waals surface area contributed by atoms with Crippen LogP contribution in [0, 0.1) is 5.41 Å². The van der Waals surface area contributed by atoms with Crippen molar-refractivity contribution in [2.24, 2.45) is 11.1 Å². The molecule has 3 nitrogen and oxygen atoms in total. The van der Waals surface area contributed by atoms with E-state index in [1.807, 2.05) is 0 Å². The fourth-order valence-electron chi connectivity index (χ4n) is 2.71. The molecule has 1 heterocycles. The standard InChI is InChI=1S/C15H22F2N2O/c1-15(2,3)12-8-9-19(12)13(18)10-4-6-11(7-5-10)20-14(16)17/h4-7,12-14H,8-9,18H2,1-3H3. The Balaban J connectivity index is 2.04. The molecule has 1 aliphatic heterocycles. The van der Waals surface area contributed by atoms with Gasteiger partial charge in [-0.05, 0) is 29.5 Å². The van der Waals surface area contributed by atoms with Gasteiger partial charge in [-0.1, -0.05) is 32.9 Å². The fourth-order valence-corrected chi connectivity index (χ4v) is 2.71. The van der Waals surface area contributed by atoms with Crippen molar-refractivity contribution in [2.75, 3.05) is 6.54 Å². The molecule has 1 saturated heterocycles. The number of ether oxygens (including phenoxy) is 1. The Morgan fingerprint density at radius 1 is 1.25 bits per heavy atom. The first-order valence-corrected chi connectivity index (χ1v) is 6.85. The Kier molecular flexibility index (Phi) is 4.30. The van der Waals surface area contributed by atoms with E-state index in [9.17, 15) is 8.78 Å². The molecular formula is C15H22F2N2O. The number of halogens is 2. The van der Waals surface area contributed by atoms with Crippen molar-refractivity contribution in [1.29, 1.82) is 0 Å². The van der Waals surface area contributed by atoms with Gasteiger partial charge in [-0.25, -0.2) is 0 Å². The van der Waals surface area contributed by atoms with E-state index in [2.05, 4.69) is 30.4 Å². The van der Waals surface area contributed by atoms with Crippen molar-refractivity contribution in [1.82, 2.24) is 4.90 Å². The molecule has 20 heavy (non-hydrogen) atoms. The summed E-state index contributed by atoms with van der Waals surface area (Å²) < 4.78 is 28.5. The maximum Gasteiger partial charge on any atom is 0.387 e. The summed E-state index contributed by atoms with van der Waals surface area (Å²) in [6.07, 6.45) is 0.942. The molecule has 2 atom stereocenters. The second-order valence-corrected chi connectivity index (χ2v) is 6.30. The zero-order valence-corrected chi connectivity index (χ0v) is 12.1. The predicted octanol–water partition coefficient (Wildman–Crippen LogP) is 3.37. The van der Waals surface area contributed by atoms with Gasteiger partial charge in [-0.15, -0.1) is 0 Å². The summed E-state index contributed by atoms with van der Waals surface area (Å²) in [6, 6.07) is 7.02. The Bertz CT molecular complexity index is 442. The average molecular weight is 284 g/mol. The van der Waals surface area contributed by atoms with Crippen LogP contribution in [0.25, 0.3) is 0 Å². The van der Waals surface area contributed by atoms with Gasteiger partial charge in [0.25, 0.3) is 0 Å². The smallest absolute Gasteiger partial charge is 0.387 e. The van der Waals surface area contributed by atoms with Gasteiger partial charge in [0.15, 0.2) is 0 Å². The minimum absolute atomic E-state index is 0.159. The van der Waals surface area contributed by atoms with Crippen LogP contribution >= 0.6 is 0 Å². The first kappa shape index (κ1) is 15.2. The highest BCUT2D eigenvalue weighted by Gasteiger charge is 2.40. The monoisotopic (exact) mass is 284 g/mol. The van der Waals surface area contributed by atoms with E-state index in [1.165, 1.54) is 12.1 Å².